The van der Waals surface area contributed by atoms with Crippen LogP contribution in [0, 0.1) is 0 Å². The van der Waals surface area contributed by atoms with Gasteiger partial charge in [0.15, 0.2) is 0 Å². The summed E-state index contributed by atoms with van der Waals surface area (Å²) in [6, 6.07) is 4.04. The van der Waals surface area contributed by atoms with Gasteiger partial charge in [-0.3, -0.25) is 4.98 Å². The summed E-state index contributed by atoms with van der Waals surface area (Å²) < 4.78 is 0. The van der Waals surface area contributed by atoms with Crippen LogP contribution in [-0.4, -0.2) is 4.98 Å². The van der Waals surface area contributed by atoms with Gasteiger partial charge in [0.1, 0.15) is 0 Å². The number of rotatable bonds is 0. The Bertz CT molecular complexity index is 279. The van der Waals surface area contributed by atoms with Crippen LogP contribution in [0.4, 0.5) is 0 Å². The molecule has 0 aromatic carbocycles. The van der Waals surface area contributed by atoms with E-state index in [0.29, 0.717) is 0 Å². The van der Waals surface area contributed by atoms with Gasteiger partial charge < -0.3 is 0 Å². The maximum Gasteiger partial charge on any atom is 0.0698 e. The summed E-state index contributed by atoms with van der Waals surface area (Å²) in [6.45, 7) is 0. The molecule has 1 aliphatic carbocycles. The number of aromatic nitrogens is 1. The first kappa shape index (κ1) is 6.35. The van der Waals surface area contributed by atoms with Crippen molar-refractivity contribution in [3.05, 3.63) is 41.7 Å². The lowest BCUT2D eigenvalue weighted by atomic mass is 10.2. The summed E-state index contributed by atoms with van der Waals surface area (Å²) >= 11 is 0. The maximum atomic E-state index is 4.24. The second kappa shape index (κ2) is 2.70. The molecular weight excluding hydrogens is 134 g/mol. The lowest BCUT2D eigenvalue weighted by Gasteiger charge is -1.95. The van der Waals surface area contributed by atoms with Crippen LogP contribution in [0.2, 0.25) is 0 Å². The fraction of sp³-hybridized carbons (Fsp3) is 0.100. The molecule has 11 heavy (non-hydrogen) atoms. The lowest BCUT2D eigenvalue weighted by Crippen LogP contribution is -1.82. The zero-order valence-electron chi connectivity index (χ0n) is 6.20. The van der Waals surface area contributed by atoms with E-state index in [9.17, 15) is 0 Å². The standard InChI is InChI=1S/C10H9N/c1-2-5-9-6-4-8-11-10(9)7-3-1/h2-8H,1H2. The minimum atomic E-state index is 1.01. The Morgan fingerprint density at radius 3 is 3.09 bits per heavy atom. The Kier molecular flexibility index (Phi) is 1.56. The molecule has 54 valence electrons. The van der Waals surface area contributed by atoms with E-state index in [-0.39, 0.29) is 0 Å². The van der Waals surface area contributed by atoms with Crippen molar-refractivity contribution in [2.45, 2.75) is 6.42 Å². The van der Waals surface area contributed by atoms with Gasteiger partial charge in [-0.2, -0.15) is 0 Å². The average Bonchev–Trinajstić information content (AvgIpc) is 2.28. The van der Waals surface area contributed by atoms with Gasteiger partial charge in [0, 0.05) is 6.20 Å². The highest BCUT2D eigenvalue weighted by Crippen LogP contribution is 2.13. The van der Waals surface area contributed by atoms with Crippen LogP contribution in [0.5, 0.6) is 0 Å². The topological polar surface area (TPSA) is 12.9 Å². The molecule has 0 amide bonds. The highest BCUT2D eigenvalue weighted by Gasteiger charge is 1.96. The van der Waals surface area contributed by atoms with E-state index in [0.717, 1.165) is 12.1 Å². The predicted octanol–water partition coefficient (Wildman–Crippen LogP) is 2.51. The molecule has 0 saturated heterocycles. The molecule has 1 aromatic heterocycles. The van der Waals surface area contributed by atoms with Crippen molar-refractivity contribution in [3.8, 4) is 0 Å². The molecule has 1 heterocycles. The Balaban J connectivity index is 2.58. The highest BCUT2D eigenvalue weighted by atomic mass is 14.7. The third-order valence-corrected chi connectivity index (χ3v) is 1.72. The number of hydrogen-bond acceptors (Lipinski definition) is 1. The minimum Gasteiger partial charge on any atom is -0.256 e. The Labute approximate surface area is 66.1 Å². The average molecular weight is 143 g/mol. The third-order valence-electron chi connectivity index (χ3n) is 1.72. The lowest BCUT2D eigenvalue weighted by molar-refractivity contribution is 1.28. The molecule has 0 unspecified atom stereocenters. The summed E-state index contributed by atoms with van der Waals surface area (Å²) in [7, 11) is 0. The second-order valence-electron chi connectivity index (χ2n) is 2.52. The smallest absolute Gasteiger partial charge is 0.0698 e. The number of fused-ring (bicyclic) bond motifs is 1. The fourth-order valence-electron chi connectivity index (χ4n) is 1.16. The Morgan fingerprint density at radius 2 is 2.09 bits per heavy atom. The van der Waals surface area contributed by atoms with Gasteiger partial charge in [-0.1, -0.05) is 24.3 Å². The molecule has 0 atom stereocenters. The van der Waals surface area contributed by atoms with E-state index >= 15 is 0 Å². The van der Waals surface area contributed by atoms with Crippen LogP contribution in [0.1, 0.15) is 17.7 Å². The van der Waals surface area contributed by atoms with Crippen LogP contribution in [0.3, 0.4) is 0 Å². The molecule has 0 aliphatic heterocycles. The van der Waals surface area contributed by atoms with Crippen LogP contribution in [0.25, 0.3) is 12.2 Å². The second-order valence-corrected chi connectivity index (χ2v) is 2.52. The molecule has 0 saturated carbocycles. The van der Waals surface area contributed by atoms with Gasteiger partial charge in [-0.05, 0) is 24.1 Å². The van der Waals surface area contributed by atoms with E-state index in [4.69, 9.17) is 0 Å². The van der Waals surface area contributed by atoms with Crippen LogP contribution in [-0.2, 0) is 0 Å². The molecular formula is C10H9N. The van der Waals surface area contributed by atoms with E-state index in [1.54, 1.807) is 0 Å². The first-order valence-corrected chi connectivity index (χ1v) is 3.75. The third kappa shape index (κ3) is 1.22. The van der Waals surface area contributed by atoms with Gasteiger partial charge in [-0.15, -0.1) is 0 Å². The molecule has 0 bridgehead atoms. The highest BCUT2D eigenvalue weighted by molar-refractivity contribution is 5.64. The first-order chi connectivity index (χ1) is 5.47. The minimum absolute atomic E-state index is 1.01. The Morgan fingerprint density at radius 1 is 1.18 bits per heavy atom. The molecule has 0 spiro atoms. The quantitative estimate of drug-likeness (QED) is 0.543. The zero-order valence-corrected chi connectivity index (χ0v) is 6.20. The van der Waals surface area contributed by atoms with Crippen LogP contribution in [0.15, 0.2) is 30.5 Å². The Hall–Kier alpha value is -1.37. The van der Waals surface area contributed by atoms with Gasteiger partial charge in [0.2, 0.25) is 0 Å². The van der Waals surface area contributed by atoms with Crippen molar-refractivity contribution in [3.63, 3.8) is 0 Å². The van der Waals surface area contributed by atoms with E-state index < -0.39 is 0 Å². The number of pyridine rings is 1. The molecule has 0 fully saturated rings. The van der Waals surface area contributed by atoms with Gasteiger partial charge in [0.25, 0.3) is 0 Å². The first-order valence-electron chi connectivity index (χ1n) is 3.75. The van der Waals surface area contributed by atoms with Crippen LogP contribution < -0.4 is 0 Å². The number of allylic oxidation sites excluding steroid dienone is 2. The van der Waals surface area contributed by atoms with Crippen molar-refractivity contribution in [2.75, 3.05) is 0 Å². The molecule has 0 radical (unpaired) electrons. The largest absolute Gasteiger partial charge is 0.256 e. The van der Waals surface area contributed by atoms with Crippen molar-refractivity contribution >= 4 is 12.2 Å². The van der Waals surface area contributed by atoms with E-state index in [2.05, 4.69) is 35.4 Å². The summed E-state index contributed by atoms with van der Waals surface area (Å²) in [5, 5.41) is 0. The van der Waals surface area contributed by atoms with Crippen molar-refractivity contribution in [2.24, 2.45) is 0 Å². The summed E-state index contributed by atoms with van der Waals surface area (Å²) in [5.74, 6) is 0. The van der Waals surface area contributed by atoms with Crippen LogP contribution >= 0.6 is 0 Å². The molecule has 1 nitrogen and oxygen atoms in total. The summed E-state index contributed by atoms with van der Waals surface area (Å²) in [5.41, 5.74) is 2.28. The normalized spacial score (nSPS) is 14.2. The molecule has 1 aliphatic rings. The molecule has 2 rings (SSSR count). The molecule has 1 aromatic rings. The van der Waals surface area contributed by atoms with Gasteiger partial charge >= 0.3 is 0 Å². The maximum absolute atomic E-state index is 4.24. The van der Waals surface area contributed by atoms with Gasteiger partial charge in [-0.25, -0.2) is 0 Å². The number of hydrogen-bond donors (Lipinski definition) is 0. The molecule has 1 heteroatoms. The van der Waals surface area contributed by atoms with E-state index in [1.165, 1.54) is 5.56 Å². The van der Waals surface area contributed by atoms with Crippen molar-refractivity contribution < 1.29 is 0 Å². The molecule has 0 N–H and O–H groups in total. The fourth-order valence-corrected chi connectivity index (χ4v) is 1.16. The summed E-state index contributed by atoms with van der Waals surface area (Å²) in [4.78, 5) is 4.24. The monoisotopic (exact) mass is 143 g/mol. The summed E-state index contributed by atoms with van der Waals surface area (Å²) in [6.07, 6.45) is 11.3. The van der Waals surface area contributed by atoms with E-state index in [1.807, 2.05) is 12.3 Å². The zero-order chi connectivity index (χ0) is 7.52. The number of nitrogens with zero attached hydrogens (tertiary/aromatic N) is 1. The van der Waals surface area contributed by atoms with Crippen molar-refractivity contribution in [1.82, 2.24) is 4.98 Å². The predicted molar refractivity (Wildman–Crippen MR) is 46.9 cm³/mol. The van der Waals surface area contributed by atoms with Gasteiger partial charge in [0.05, 0.1) is 5.69 Å². The SMILES string of the molecule is C1=Cc2cccnc2C=CC1. The van der Waals surface area contributed by atoms with Crippen molar-refractivity contribution in [1.29, 1.82) is 0 Å².